The summed E-state index contributed by atoms with van der Waals surface area (Å²) in [6, 6.07) is 20.9. The molecule has 4 rings (SSSR count). The quantitative estimate of drug-likeness (QED) is 0.201. The number of pyridine rings is 1. The molecular formula is C30H33N5O6S2. The number of hydrogen-bond acceptors (Lipinski definition) is 11. The highest BCUT2D eigenvalue weighted by Gasteiger charge is 2.19. The maximum Gasteiger partial charge on any atom is 0.411 e. The van der Waals surface area contributed by atoms with Gasteiger partial charge in [0.1, 0.15) is 29.7 Å². The first-order valence-corrected chi connectivity index (χ1v) is 14.9. The maximum atomic E-state index is 11.9. The summed E-state index contributed by atoms with van der Waals surface area (Å²) in [6.45, 7) is 8.13. The van der Waals surface area contributed by atoms with Gasteiger partial charge in [0.15, 0.2) is 5.82 Å². The van der Waals surface area contributed by atoms with E-state index in [0.717, 1.165) is 11.8 Å². The fraction of sp³-hybridized carbons (Fsp3) is 0.267. The smallest absolute Gasteiger partial charge is 0.411 e. The fourth-order valence-corrected chi connectivity index (χ4v) is 4.78. The zero-order valence-corrected chi connectivity index (χ0v) is 26.1. The van der Waals surface area contributed by atoms with Crippen molar-refractivity contribution in [1.29, 1.82) is 0 Å². The highest BCUT2D eigenvalue weighted by atomic mass is 32.2. The number of carbonyl (C=O) groups excluding carboxylic acids is 1. The summed E-state index contributed by atoms with van der Waals surface area (Å²) in [5.74, 6) is 0.855. The van der Waals surface area contributed by atoms with E-state index in [1.165, 1.54) is 25.1 Å². The minimum absolute atomic E-state index is 0.0421. The van der Waals surface area contributed by atoms with Crippen LogP contribution in [0.2, 0.25) is 0 Å². The van der Waals surface area contributed by atoms with Gasteiger partial charge in [-0.1, -0.05) is 75.0 Å². The number of para-hydroxylation sites is 1. The third-order valence-electron chi connectivity index (χ3n) is 5.49. The SMILES string of the molecule is CC(C)(C)c1ccccc1.COc1ccccc1Sc1c(N=S(=O)=O)nc(C)nc1OCCOC(=O)Nc1ccncc1. The van der Waals surface area contributed by atoms with Gasteiger partial charge in [-0.05, 0) is 42.2 Å². The zero-order valence-electron chi connectivity index (χ0n) is 24.5. The number of anilines is 1. The van der Waals surface area contributed by atoms with Crippen molar-refractivity contribution in [2.75, 3.05) is 25.6 Å². The summed E-state index contributed by atoms with van der Waals surface area (Å²) < 4.78 is 42.2. The van der Waals surface area contributed by atoms with E-state index in [9.17, 15) is 13.2 Å². The van der Waals surface area contributed by atoms with Crippen molar-refractivity contribution in [3.63, 3.8) is 0 Å². The number of aryl methyl sites for hydroxylation is 1. The Labute approximate surface area is 256 Å². The summed E-state index contributed by atoms with van der Waals surface area (Å²) in [5, 5.41) is 2.55. The molecule has 4 aromatic rings. The summed E-state index contributed by atoms with van der Waals surface area (Å²) in [7, 11) is -1.22. The van der Waals surface area contributed by atoms with Crippen LogP contribution in [0.1, 0.15) is 32.2 Å². The van der Waals surface area contributed by atoms with Gasteiger partial charge in [-0.25, -0.2) is 9.78 Å². The Morgan fingerprint density at radius 1 is 0.953 bits per heavy atom. The van der Waals surface area contributed by atoms with Gasteiger partial charge in [0.25, 0.3) is 0 Å². The number of methoxy groups -OCH3 is 1. The number of nitrogens with one attached hydrogen (secondary N) is 1. The van der Waals surface area contributed by atoms with Crippen LogP contribution in [0.15, 0.2) is 93.3 Å². The van der Waals surface area contributed by atoms with E-state index < -0.39 is 16.6 Å². The van der Waals surface area contributed by atoms with E-state index in [1.807, 2.05) is 0 Å². The van der Waals surface area contributed by atoms with Gasteiger partial charge in [-0.15, -0.1) is 4.36 Å². The zero-order chi connectivity index (χ0) is 31.2. The average Bonchev–Trinajstić information content (AvgIpc) is 2.97. The van der Waals surface area contributed by atoms with Crippen molar-refractivity contribution < 1.29 is 27.4 Å². The standard InChI is InChI=1S/C20H19N5O6S2.C10H14/c1-13-22-18(25-33(27)28)17(32-16-6-4-3-5-15(16)29-2)19(23-13)30-11-12-31-20(26)24-14-7-9-21-10-8-14;1-10(2,3)9-7-5-4-6-8-9/h3-10H,11-12H2,1-2H3,(H,21,24,26);4-8H,1-3H3. The van der Waals surface area contributed by atoms with Crippen LogP contribution in [0.4, 0.5) is 16.3 Å². The molecule has 0 saturated carbocycles. The molecule has 2 aromatic carbocycles. The third kappa shape index (κ3) is 11.0. The molecule has 1 N–H and O–H groups in total. The molecule has 0 atom stereocenters. The van der Waals surface area contributed by atoms with Gasteiger partial charge in [0.05, 0.1) is 12.0 Å². The van der Waals surface area contributed by atoms with E-state index in [1.54, 1.807) is 43.3 Å². The Hall–Kier alpha value is -4.49. The second-order valence-electron chi connectivity index (χ2n) is 9.75. The predicted molar refractivity (Wildman–Crippen MR) is 165 cm³/mol. The van der Waals surface area contributed by atoms with Crippen LogP contribution in [0, 0.1) is 6.92 Å². The number of ether oxygens (including phenoxy) is 3. The normalized spacial score (nSPS) is 10.5. The summed E-state index contributed by atoms with van der Waals surface area (Å²) in [6.07, 6.45) is 2.41. The topological polar surface area (TPSA) is 142 Å². The van der Waals surface area contributed by atoms with Crippen molar-refractivity contribution in [3.8, 4) is 11.6 Å². The number of nitrogens with zero attached hydrogens (tertiary/aromatic N) is 4. The number of carbonyl (C=O) groups is 1. The molecule has 0 aliphatic heterocycles. The van der Waals surface area contributed by atoms with E-state index in [2.05, 4.69) is 75.7 Å². The highest BCUT2D eigenvalue weighted by Crippen LogP contribution is 2.43. The molecule has 0 bridgehead atoms. The van der Waals surface area contributed by atoms with Gasteiger partial charge in [-0.2, -0.15) is 13.4 Å². The van der Waals surface area contributed by atoms with Crippen molar-refractivity contribution in [2.45, 2.75) is 42.9 Å². The Kier molecular flexibility index (Phi) is 12.5. The molecule has 1 amide bonds. The van der Waals surface area contributed by atoms with E-state index in [0.29, 0.717) is 21.7 Å². The van der Waals surface area contributed by atoms with E-state index in [-0.39, 0.29) is 35.6 Å². The van der Waals surface area contributed by atoms with Crippen LogP contribution < -0.4 is 14.8 Å². The molecular weight excluding hydrogens is 590 g/mol. The fourth-order valence-electron chi connectivity index (χ4n) is 3.46. The molecule has 11 nitrogen and oxygen atoms in total. The lowest BCUT2D eigenvalue weighted by Gasteiger charge is -2.18. The van der Waals surface area contributed by atoms with E-state index in [4.69, 9.17) is 14.2 Å². The van der Waals surface area contributed by atoms with E-state index >= 15 is 0 Å². The summed E-state index contributed by atoms with van der Waals surface area (Å²) in [4.78, 5) is 25.1. The molecule has 0 spiro atoms. The lowest BCUT2D eigenvalue weighted by atomic mass is 9.87. The first kappa shape index (κ1) is 33.0. The van der Waals surface area contributed by atoms with Crippen molar-refractivity contribution >= 4 is 39.9 Å². The Morgan fingerprint density at radius 3 is 2.26 bits per heavy atom. The highest BCUT2D eigenvalue weighted by molar-refractivity contribution is 7.99. The summed E-state index contributed by atoms with van der Waals surface area (Å²) in [5.41, 5.74) is 2.23. The largest absolute Gasteiger partial charge is 0.496 e. The first-order chi connectivity index (χ1) is 20.6. The second kappa shape index (κ2) is 16.2. The van der Waals surface area contributed by atoms with Crippen molar-refractivity contribution in [1.82, 2.24) is 15.0 Å². The molecule has 226 valence electrons. The number of hydrogen-bond donors (Lipinski definition) is 1. The van der Waals surface area contributed by atoms with Crippen LogP contribution in [0.3, 0.4) is 0 Å². The Balaban J connectivity index is 0.000000428. The summed E-state index contributed by atoms with van der Waals surface area (Å²) >= 11 is 1.14. The Morgan fingerprint density at radius 2 is 1.63 bits per heavy atom. The number of benzene rings is 2. The van der Waals surface area contributed by atoms with Gasteiger partial charge >= 0.3 is 16.6 Å². The molecule has 0 aliphatic rings. The number of aromatic nitrogens is 3. The second-order valence-corrected chi connectivity index (χ2v) is 11.4. The minimum Gasteiger partial charge on any atom is -0.496 e. The maximum absolute atomic E-state index is 11.9. The van der Waals surface area contributed by atoms with Gasteiger partial charge in [0.2, 0.25) is 5.88 Å². The number of rotatable bonds is 9. The van der Waals surface area contributed by atoms with Gasteiger partial charge in [0, 0.05) is 18.1 Å². The molecule has 2 aromatic heterocycles. The van der Waals surface area contributed by atoms with Gasteiger partial charge in [-0.3, -0.25) is 10.3 Å². The number of amides is 1. The minimum atomic E-state index is -2.74. The third-order valence-corrected chi connectivity index (χ3v) is 6.93. The molecule has 0 unspecified atom stereocenters. The van der Waals surface area contributed by atoms with Crippen LogP contribution in [0.25, 0.3) is 0 Å². The van der Waals surface area contributed by atoms with Crippen LogP contribution in [0.5, 0.6) is 11.6 Å². The first-order valence-electron chi connectivity index (χ1n) is 13.1. The molecule has 0 aliphatic carbocycles. The van der Waals surface area contributed by atoms with Crippen molar-refractivity contribution in [3.05, 3.63) is 90.5 Å². The lowest BCUT2D eigenvalue weighted by molar-refractivity contribution is 0.135. The molecule has 0 saturated heterocycles. The molecule has 0 fully saturated rings. The van der Waals surface area contributed by atoms with Gasteiger partial charge < -0.3 is 14.2 Å². The van der Waals surface area contributed by atoms with Crippen LogP contribution >= 0.6 is 11.8 Å². The molecule has 0 radical (unpaired) electrons. The predicted octanol–water partition coefficient (Wildman–Crippen LogP) is 6.65. The molecule has 43 heavy (non-hydrogen) atoms. The van der Waals surface area contributed by atoms with Crippen LogP contribution in [-0.2, 0) is 20.7 Å². The average molecular weight is 624 g/mol. The van der Waals surface area contributed by atoms with Crippen LogP contribution in [-0.4, -0.2) is 49.8 Å². The lowest BCUT2D eigenvalue weighted by Crippen LogP contribution is -2.18. The molecule has 13 heteroatoms. The van der Waals surface area contributed by atoms with Crippen molar-refractivity contribution in [2.24, 2.45) is 4.36 Å². The monoisotopic (exact) mass is 623 g/mol. The molecule has 2 heterocycles. The Bertz CT molecular complexity index is 1620.